The van der Waals surface area contributed by atoms with Crippen molar-refractivity contribution in [1.82, 2.24) is 0 Å². The fourth-order valence-electron chi connectivity index (χ4n) is 1.81. The molecule has 0 bridgehead atoms. The summed E-state index contributed by atoms with van der Waals surface area (Å²) < 4.78 is 43.6. The van der Waals surface area contributed by atoms with Crippen molar-refractivity contribution in [2.75, 3.05) is 6.61 Å². The van der Waals surface area contributed by atoms with E-state index in [9.17, 15) is 23.1 Å². The van der Waals surface area contributed by atoms with E-state index < -0.39 is 29.2 Å². The summed E-state index contributed by atoms with van der Waals surface area (Å²) in [6, 6.07) is 4.65. The number of aliphatic hydroxyl groups excluding tert-OH is 1. The zero-order chi connectivity index (χ0) is 15.6. The SMILES string of the molecule is CCOC(=O)C(C)(C)C(O)c1ccccc1C(F)(F)F. The van der Waals surface area contributed by atoms with E-state index in [-0.39, 0.29) is 12.2 Å². The van der Waals surface area contributed by atoms with E-state index in [4.69, 9.17) is 4.74 Å². The molecule has 0 radical (unpaired) electrons. The van der Waals surface area contributed by atoms with Crippen LogP contribution < -0.4 is 0 Å². The van der Waals surface area contributed by atoms with Crippen molar-refractivity contribution in [2.45, 2.75) is 33.1 Å². The van der Waals surface area contributed by atoms with Crippen molar-refractivity contribution in [3.63, 3.8) is 0 Å². The Morgan fingerprint density at radius 3 is 2.35 bits per heavy atom. The van der Waals surface area contributed by atoms with Gasteiger partial charge in [-0.05, 0) is 32.4 Å². The fraction of sp³-hybridized carbons (Fsp3) is 0.500. The van der Waals surface area contributed by atoms with Gasteiger partial charge in [-0.25, -0.2) is 0 Å². The maximum Gasteiger partial charge on any atom is 0.416 e. The summed E-state index contributed by atoms with van der Waals surface area (Å²) in [5, 5.41) is 10.2. The molecule has 0 aromatic heterocycles. The summed E-state index contributed by atoms with van der Waals surface area (Å²) in [6.45, 7) is 4.38. The number of carbonyl (C=O) groups excluding carboxylic acids is 1. The van der Waals surface area contributed by atoms with Crippen molar-refractivity contribution in [3.05, 3.63) is 35.4 Å². The minimum absolute atomic E-state index is 0.0932. The minimum Gasteiger partial charge on any atom is -0.465 e. The molecule has 0 spiro atoms. The molecular formula is C14H17F3O3. The quantitative estimate of drug-likeness (QED) is 0.865. The molecule has 0 aliphatic carbocycles. The molecule has 6 heteroatoms. The number of alkyl halides is 3. The highest BCUT2D eigenvalue weighted by Crippen LogP contribution is 2.41. The van der Waals surface area contributed by atoms with E-state index in [1.54, 1.807) is 6.92 Å². The zero-order valence-corrected chi connectivity index (χ0v) is 11.5. The van der Waals surface area contributed by atoms with Crippen LogP contribution in [0.4, 0.5) is 13.2 Å². The Hall–Kier alpha value is -1.56. The predicted octanol–water partition coefficient (Wildman–Crippen LogP) is 3.33. The molecule has 20 heavy (non-hydrogen) atoms. The topological polar surface area (TPSA) is 46.5 Å². The highest BCUT2D eigenvalue weighted by atomic mass is 19.4. The summed E-state index contributed by atoms with van der Waals surface area (Å²) in [4.78, 5) is 11.8. The van der Waals surface area contributed by atoms with Crippen LogP contribution in [0.3, 0.4) is 0 Å². The number of rotatable bonds is 4. The highest BCUT2D eigenvalue weighted by molar-refractivity contribution is 5.77. The molecule has 1 rings (SSSR count). The van der Waals surface area contributed by atoms with Crippen LogP contribution in [0.25, 0.3) is 0 Å². The molecule has 0 aliphatic heterocycles. The first-order chi connectivity index (χ1) is 9.12. The Labute approximate surface area is 115 Å². The summed E-state index contributed by atoms with van der Waals surface area (Å²) in [7, 11) is 0. The molecule has 112 valence electrons. The maximum atomic E-state index is 12.9. The van der Waals surface area contributed by atoms with Crippen LogP contribution in [0, 0.1) is 5.41 Å². The second kappa shape index (κ2) is 5.83. The van der Waals surface area contributed by atoms with Crippen molar-refractivity contribution < 1.29 is 27.8 Å². The average molecular weight is 290 g/mol. The summed E-state index contributed by atoms with van der Waals surface area (Å²) in [5.41, 5.74) is -2.76. The second-order valence-electron chi connectivity index (χ2n) is 4.93. The van der Waals surface area contributed by atoms with Crippen molar-refractivity contribution >= 4 is 5.97 Å². The van der Waals surface area contributed by atoms with Gasteiger partial charge in [0.1, 0.15) is 0 Å². The smallest absolute Gasteiger partial charge is 0.416 e. The molecule has 0 amide bonds. The minimum atomic E-state index is -4.59. The molecule has 0 aliphatic rings. The number of hydrogen-bond donors (Lipinski definition) is 1. The van der Waals surface area contributed by atoms with Gasteiger partial charge < -0.3 is 9.84 Å². The lowest BCUT2D eigenvalue weighted by Gasteiger charge is -2.30. The average Bonchev–Trinajstić information content (AvgIpc) is 2.37. The van der Waals surface area contributed by atoms with Crippen LogP contribution in [0.1, 0.15) is 38.0 Å². The molecule has 0 saturated heterocycles. The molecule has 3 nitrogen and oxygen atoms in total. The van der Waals surface area contributed by atoms with Gasteiger partial charge in [0.2, 0.25) is 0 Å². The summed E-state index contributed by atoms with van der Waals surface area (Å²) >= 11 is 0. The lowest BCUT2D eigenvalue weighted by atomic mass is 9.81. The third-order valence-electron chi connectivity index (χ3n) is 3.05. The van der Waals surface area contributed by atoms with Gasteiger partial charge in [-0.2, -0.15) is 13.2 Å². The van der Waals surface area contributed by atoms with E-state index in [0.717, 1.165) is 12.1 Å². The third-order valence-corrected chi connectivity index (χ3v) is 3.05. The number of hydrogen-bond acceptors (Lipinski definition) is 3. The Morgan fingerprint density at radius 2 is 1.85 bits per heavy atom. The lowest BCUT2D eigenvalue weighted by molar-refractivity contribution is -0.161. The maximum absolute atomic E-state index is 12.9. The summed E-state index contributed by atoms with van der Waals surface area (Å²) in [6.07, 6.45) is -6.21. The summed E-state index contributed by atoms with van der Waals surface area (Å²) in [5.74, 6) is -0.746. The van der Waals surface area contributed by atoms with Crippen molar-refractivity contribution in [2.24, 2.45) is 5.41 Å². The van der Waals surface area contributed by atoms with Crippen LogP contribution in [-0.4, -0.2) is 17.7 Å². The van der Waals surface area contributed by atoms with Gasteiger partial charge >= 0.3 is 12.1 Å². The van der Waals surface area contributed by atoms with E-state index in [2.05, 4.69) is 0 Å². The molecule has 1 aromatic carbocycles. The predicted molar refractivity (Wildman–Crippen MR) is 66.8 cm³/mol. The molecule has 1 aromatic rings. The van der Waals surface area contributed by atoms with Crippen LogP contribution in [0.5, 0.6) is 0 Å². The first-order valence-electron chi connectivity index (χ1n) is 6.13. The van der Waals surface area contributed by atoms with Gasteiger partial charge in [0, 0.05) is 0 Å². The van der Waals surface area contributed by atoms with Gasteiger partial charge in [0.15, 0.2) is 0 Å². The Bertz CT molecular complexity index is 481. The Balaban J connectivity index is 3.21. The fourth-order valence-corrected chi connectivity index (χ4v) is 1.81. The van der Waals surface area contributed by atoms with E-state index in [1.807, 2.05) is 0 Å². The molecular weight excluding hydrogens is 273 g/mol. The molecule has 0 saturated carbocycles. The van der Waals surface area contributed by atoms with E-state index in [0.29, 0.717) is 0 Å². The first-order valence-corrected chi connectivity index (χ1v) is 6.13. The highest BCUT2D eigenvalue weighted by Gasteiger charge is 2.43. The van der Waals surface area contributed by atoms with Crippen LogP contribution in [0.2, 0.25) is 0 Å². The van der Waals surface area contributed by atoms with Gasteiger partial charge in [0.05, 0.1) is 23.7 Å². The normalized spacial score (nSPS) is 13.9. The Morgan fingerprint density at radius 1 is 1.30 bits per heavy atom. The number of benzene rings is 1. The monoisotopic (exact) mass is 290 g/mol. The van der Waals surface area contributed by atoms with Crippen molar-refractivity contribution in [3.8, 4) is 0 Å². The van der Waals surface area contributed by atoms with Gasteiger partial charge in [-0.3, -0.25) is 4.79 Å². The number of aliphatic hydroxyl groups is 1. The van der Waals surface area contributed by atoms with E-state index >= 15 is 0 Å². The van der Waals surface area contributed by atoms with E-state index in [1.165, 1.54) is 26.0 Å². The largest absolute Gasteiger partial charge is 0.465 e. The van der Waals surface area contributed by atoms with Crippen LogP contribution in [-0.2, 0) is 15.7 Å². The first kappa shape index (κ1) is 16.5. The number of ether oxygens (including phenoxy) is 1. The Kier molecular flexibility index (Phi) is 4.81. The van der Waals surface area contributed by atoms with Gasteiger partial charge in [0.25, 0.3) is 0 Å². The molecule has 1 atom stereocenters. The van der Waals surface area contributed by atoms with Crippen LogP contribution >= 0.6 is 0 Å². The standard InChI is InChI=1S/C14H17F3O3/c1-4-20-12(19)13(2,3)11(18)9-7-5-6-8-10(9)14(15,16)17/h5-8,11,18H,4H2,1-3H3. The molecule has 1 unspecified atom stereocenters. The van der Waals surface area contributed by atoms with Gasteiger partial charge in [-0.1, -0.05) is 18.2 Å². The third kappa shape index (κ3) is 3.30. The number of esters is 1. The molecule has 1 N–H and O–H groups in total. The number of carbonyl (C=O) groups is 1. The van der Waals surface area contributed by atoms with Crippen molar-refractivity contribution in [1.29, 1.82) is 0 Å². The zero-order valence-electron chi connectivity index (χ0n) is 11.5. The van der Waals surface area contributed by atoms with Crippen LogP contribution in [0.15, 0.2) is 24.3 Å². The van der Waals surface area contributed by atoms with Gasteiger partial charge in [-0.15, -0.1) is 0 Å². The molecule has 0 fully saturated rings. The number of halogens is 3. The second-order valence-corrected chi connectivity index (χ2v) is 4.93. The molecule has 0 heterocycles. The lowest BCUT2D eigenvalue weighted by Crippen LogP contribution is -2.34.